The van der Waals surface area contributed by atoms with Gasteiger partial charge in [-0.3, -0.25) is 4.98 Å². The first-order valence-electron chi connectivity index (χ1n) is 6.56. The topological polar surface area (TPSA) is 12.9 Å². The molecule has 1 heterocycles. The van der Waals surface area contributed by atoms with Gasteiger partial charge in [0, 0.05) is 17.8 Å². The molecule has 1 nitrogen and oxygen atoms in total. The van der Waals surface area contributed by atoms with Gasteiger partial charge in [0.15, 0.2) is 0 Å². The van der Waals surface area contributed by atoms with Crippen LogP contribution in [0.5, 0.6) is 0 Å². The lowest BCUT2D eigenvalue weighted by atomic mass is 9.66. The molecule has 94 valence electrons. The molecular weight excluding hydrogens is 230 g/mol. The Morgan fingerprint density at radius 1 is 1.35 bits per heavy atom. The van der Waals surface area contributed by atoms with Crippen LogP contribution in [-0.2, 0) is 5.41 Å². The fourth-order valence-corrected chi connectivity index (χ4v) is 3.83. The quantitative estimate of drug-likeness (QED) is 0.710. The van der Waals surface area contributed by atoms with Crippen molar-refractivity contribution in [2.24, 2.45) is 11.8 Å². The molecule has 0 bridgehead atoms. The van der Waals surface area contributed by atoms with Gasteiger partial charge in [-0.2, -0.15) is 0 Å². The SMILES string of the molecule is CC1CCC(C(C)(C)c2cccnc2)C(Cl)C1. The lowest BCUT2D eigenvalue weighted by Crippen LogP contribution is -2.38. The van der Waals surface area contributed by atoms with E-state index in [1.807, 2.05) is 18.5 Å². The minimum Gasteiger partial charge on any atom is -0.264 e. The molecule has 0 spiro atoms. The number of pyridine rings is 1. The van der Waals surface area contributed by atoms with E-state index >= 15 is 0 Å². The lowest BCUT2D eigenvalue weighted by molar-refractivity contribution is 0.207. The normalized spacial score (nSPS) is 30.2. The van der Waals surface area contributed by atoms with E-state index in [0.717, 1.165) is 12.3 Å². The van der Waals surface area contributed by atoms with Crippen LogP contribution in [0.15, 0.2) is 24.5 Å². The minimum absolute atomic E-state index is 0.126. The summed E-state index contributed by atoms with van der Waals surface area (Å²) in [5.41, 5.74) is 1.44. The monoisotopic (exact) mass is 251 g/mol. The van der Waals surface area contributed by atoms with Crippen molar-refractivity contribution in [2.75, 3.05) is 0 Å². The Balaban J connectivity index is 2.21. The molecule has 3 atom stereocenters. The third kappa shape index (κ3) is 2.65. The van der Waals surface area contributed by atoms with Crippen LogP contribution >= 0.6 is 11.6 Å². The maximum Gasteiger partial charge on any atom is 0.0375 e. The standard InChI is InChI=1S/C15H22ClN/c1-11-6-7-13(14(16)9-11)15(2,3)12-5-4-8-17-10-12/h4-5,8,10-11,13-14H,6-7,9H2,1-3H3. The van der Waals surface area contributed by atoms with Crippen LogP contribution in [0.1, 0.15) is 45.6 Å². The summed E-state index contributed by atoms with van der Waals surface area (Å²) in [6.45, 7) is 6.92. The second-order valence-electron chi connectivity index (χ2n) is 6.00. The van der Waals surface area contributed by atoms with Crippen molar-refractivity contribution in [1.82, 2.24) is 4.98 Å². The summed E-state index contributed by atoms with van der Waals surface area (Å²) in [5, 5.41) is 0.300. The Morgan fingerprint density at radius 3 is 2.71 bits per heavy atom. The highest BCUT2D eigenvalue weighted by Gasteiger charge is 2.39. The molecule has 1 aliphatic rings. The average Bonchev–Trinajstić information content (AvgIpc) is 2.29. The van der Waals surface area contributed by atoms with E-state index in [-0.39, 0.29) is 5.41 Å². The Labute approximate surface area is 110 Å². The van der Waals surface area contributed by atoms with Crippen molar-refractivity contribution in [2.45, 2.75) is 50.8 Å². The largest absolute Gasteiger partial charge is 0.264 e. The summed E-state index contributed by atoms with van der Waals surface area (Å²) < 4.78 is 0. The summed E-state index contributed by atoms with van der Waals surface area (Å²) in [7, 11) is 0. The number of hydrogen-bond donors (Lipinski definition) is 0. The molecule has 3 unspecified atom stereocenters. The summed E-state index contributed by atoms with van der Waals surface area (Å²) in [5.74, 6) is 1.34. The van der Waals surface area contributed by atoms with Gasteiger partial charge in [0.1, 0.15) is 0 Å². The molecule has 1 aromatic heterocycles. The maximum atomic E-state index is 6.59. The fraction of sp³-hybridized carbons (Fsp3) is 0.667. The van der Waals surface area contributed by atoms with Crippen LogP contribution in [0.3, 0.4) is 0 Å². The van der Waals surface area contributed by atoms with Gasteiger partial charge < -0.3 is 0 Å². The third-order valence-electron chi connectivity index (χ3n) is 4.37. The van der Waals surface area contributed by atoms with Crippen LogP contribution in [0.4, 0.5) is 0 Å². The number of hydrogen-bond acceptors (Lipinski definition) is 1. The van der Waals surface area contributed by atoms with Crippen molar-refractivity contribution in [3.8, 4) is 0 Å². The Kier molecular flexibility index (Phi) is 3.77. The summed E-state index contributed by atoms with van der Waals surface area (Å²) in [4.78, 5) is 4.24. The Bertz CT molecular complexity index is 360. The predicted octanol–water partition coefficient (Wildman–Crippen LogP) is 4.40. The maximum absolute atomic E-state index is 6.59. The van der Waals surface area contributed by atoms with E-state index in [0.29, 0.717) is 11.3 Å². The summed E-state index contributed by atoms with van der Waals surface area (Å²) >= 11 is 6.59. The molecule has 0 N–H and O–H groups in total. The number of halogens is 1. The molecule has 0 aromatic carbocycles. The molecule has 17 heavy (non-hydrogen) atoms. The van der Waals surface area contributed by atoms with E-state index in [9.17, 15) is 0 Å². The van der Waals surface area contributed by atoms with Crippen LogP contribution in [0.25, 0.3) is 0 Å². The molecule has 2 heteroatoms. The highest BCUT2D eigenvalue weighted by molar-refractivity contribution is 6.20. The molecule has 0 aliphatic heterocycles. The zero-order valence-electron chi connectivity index (χ0n) is 11.0. The smallest absolute Gasteiger partial charge is 0.0375 e. The van der Waals surface area contributed by atoms with E-state index in [1.54, 1.807) is 0 Å². The van der Waals surface area contributed by atoms with Crippen molar-refractivity contribution in [3.05, 3.63) is 30.1 Å². The van der Waals surface area contributed by atoms with Crippen LogP contribution in [0, 0.1) is 11.8 Å². The molecule has 0 saturated heterocycles. The van der Waals surface area contributed by atoms with Crippen molar-refractivity contribution < 1.29 is 0 Å². The van der Waals surface area contributed by atoms with Crippen LogP contribution < -0.4 is 0 Å². The first-order chi connectivity index (χ1) is 8.01. The van der Waals surface area contributed by atoms with Crippen LogP contribution in [-0.4, -0.2) is 10.4 Å². The molecule has 2 rings (SSSR count). The summed E-state index contributed by atoms with van der Waals surface area (Å²) in [6, 6.07) is 4.19. The molecule has 0 radical (unpaired) electrons. The fourth-order valence-electron chi connectivity index (χ4n) is 3.08. The zero-order chi connectivity index (χ0) is 12.5. The lowest BCUT2D eigenvalue weighted by Gasteiger charge is -2.42. The molecule has 1 saturated carbocycles. The minimum atomic E-state index is 0.126. The van der Waals surface area contributed by atoms with Crippen molar-refractivity contribution >= 4 is 11.6 Å². The predicted molar refractivity (Wildman–Crippen MR) is 73.4 cm³/mol. The van der Waals surface area contributed by atoms with Gasteiger partial charge in [0.05, 0.1) is 0 Å². The van der Waals surface area contributed by atoms with Gasteiger partial charge >= 0.3 is 0 Å². The average molecular weight is 252 g/mol. The van der Waals surface area contributed by atoms with Gasteiger partial charge in [-0.05, 0) is 41.7 Å². The van der Waals surface area contributed by atoms with Gasteiger partial charge in [-0.25, -0.2) is 0 Å². The molecule has 1 fully saturated rings. The van der Waals surface area contributed by atoms with E-state index in [1.165, 1.54) is 18.4 Å². The highest BCUT2D eigenvalue weighted by Crippen LogP contribution is 2.44. The second kappa shape index (κ2) is 4.97. The first-order valence-corrected chi connectivity index (χ1v) is 7.00. The van der Waals surface area contributed by atoms with Crippen LogP contribution in [0.2, 0.25) is 0 Å². The number of alkyl halides is 1. The van der Waals surface area contributed by atoms with Crippen molar-refractivity contribution in [1.29, 1.82) is 0 Å². The number of rotatable bonds is 2. The number of aromatic nitrogens is 1. The molecular formula is C15H22ClN. The zero-order valence-corrected chi connectivity index (χ0v) is 11.7. The van der Waals surface area contributed by atoms with Gasteiger partial charge in [0.25, 0.3) is 0 Å². The van der Waals surface area contributed by atoms with Crippen molar-refractivity contribution in [3.63, 3.8) is 0 Å². The Morgan fingerprint density at radius 2 is 2.12 bits per heavy atom. The number of nitrogens with zero attached hydrogens (tertiary/aromatic N) is 1. The van der Waals surface area contributed by atoms with Gasteiger partial charge in [-0.15, -0.1) is 11.6 Å². The third-order valence-corrected chi connectivity index (χ3v) is 4.85. The molecule has 1 aliphatic carbocycles. The highest BCUT2D eigenvalue weighted by atomic mass is 35.5. The first kappa shape index (κ1) is 12.9. The summed E-state index contributed by atoms with van der Waals surface area (Å²) in [6.07, 6.45) is 7.51. The van der Waals surface area contributed by atoms with E-state index in [2.05, 4.69) is 31.8 Å². The van der Waals surface area contributed by atoms with E-state index < -0.39 is 0 Å². The second-order valence-corrected chi connectivity index (χ2v) is 6.56. The molecule has 0 amide bonds. The van der Waals surface area contributed by atoms with Gasteiger partial charge in [0.2, 0.25) is 0 Å². The molecule has 1 aromatic rings. The van der Waals surface area contributed by atoms with Gasteiger partial charge in [-0.1, -0.05) is 33.3 Å². The Hall–Kier alpha value is -0.560. The van der Waals surface area contributed by atoms with E-state index in [4.69, 9.17) is 11.6 Å².